The molecule has 0 aliphatic heterocycles. The zero-order valence-electron chi connectivity index (χ0n) is 26.0. The van der Waals surface area contributed by atoms with Crippen LogP contribution in [0.5, 0.6) is 0 Å². The smallest absolute Gasteiger partial charge is 0.251 e. The second-order valence-electron chi connectivity index (χ2n) is 11.3. The van der Waals surface area contributed by atoms with Crippen LogP contribution >= 0.6 is 0 Å². The number of rotatable bonds is 12. The predicted molar refractivity (Wildman–Crippen MR) is 172 cm³/mol. The molecule has 1 amide bonds. The molecule has 0 bridgehead atoms. The van der Waals surface area contributed by atoms with Crippen LogP contribution in [0.4, 0.5) is 0 Å². The minimum absolute atomic E-state index is 0.0481. The van der Waals surface area contributed by atoms with Crippen LogP contribution in [-0.2, 0) is 4.79 Å². The van der Waals surface area contributed by atoms with Crippen LogP contribution in [0.3, 0.4) is 0 Å². The van der Waals surface area contributed by atoms with Crippen molar-refractivity contribution in [3.05, 3.63) is 94.6 Å². The molecule has 0 aromatic heterocycles. The molecule has 0 N–H and O–H groups in total. The zero-order valence-corrected chi connectivity index (χ0v) is 26.0. The van der Waals surface area contributed by atoms with Crippen molar-refractivity contribution in [2.24, 2.45) is 5.41 Å². The lowest BCUT2D eigenvalue weighted by molar-refractivity contribution is -0.125. The lowest BCUT2D eigenvalue weighted by atomic mass is 9.84. The highest BCUT2D eigenvalue weighted by Gasteiger charge is 2.27. The predicted octanol–water partition coefficient (Wildman–Crippen LogP) is 9.19. The molecule has 0 unspecified atom stereocenters. The molecule has 0 spiro atoms. The monoisotopic (exact) mass is 526 g/mol. The van der Waals surface area contributed by atoms with Gasteiger partial charge in [0.05, 0.1) is 11.2 Å². The Morgan fingerprint density at radius 2 is 1.23 bits per heavy atom. The molecule has 2 aromatic rings. The maximum absolute atomic E-state index is 13.2. The second-order valence-corrected chi connectivity index (χ2v) is 11.3. The van der Waals surface area contributed by atoms with Gasteiger partial charge in [0, 0.05) is 26.2 Å². The number of carbonyl (C=O) groups excluding carboxylic acids is 1. The number of amides is 1. The van der Waals surface area contributed by atoms with Crippen molar-refractivity contribution in [3.63, 3.8) is 0 Å². The first-order valence-corrected chi connectivity index (χ1v) is 14.3. The fraction of sp³-hybridized carbons (Fsp3) is 0.417. The van der Waals surface area contributed by atoms with Crippen LogP contribution in [0.1, 0.15) is 90.5 Å². The van der Waals surface area contributed by atoms with Crippen molar-refractivity contribution in [1.82, 2.24) is 9.80 Å². The van der Waals surface area contributed by atoms with Crippen LogP contribution in [0.15, 0.2) is 72.3 Å². The van der Waals surface area contributed by atoms with Gasteiger partial charge in [0.2, 0.25) is 0 Å². The number of hydrogen-bond acceptors (Lipinski definition) is 2. The number of allylic oxidation sites excluding steroid dienone is 2. The SMILES string of the molecule is C/C=C\C(C)(C)N(C)/C(=C(\C)C(=O)N(C)CC)c1ccc(/C=C/c2ccc(/C=C/C(C)(CC)CC)cc2)cc1. The summed E-state index contributed by atoms with van der Waals surface area (Å²) in [5, 5.41) is 0. The maximum Gasteiger partial charge on any atom is 0.251 e. The first-order chi connectivity index (χ1) is 18.4. The largest absolute Gasteiger partial charge is 0.365 e. The quantitative estimate of drug-likeness (QED) is 0.156. The average molecular weight is 527 g/mol. The molecular weight excluding hydrogens is 476 g/mol. The van der Waals surface area contributed by atoms with Gasteiger partial charge in [-0.3, -0.25) is 4.79 Å². The molecular formula is C36H50N2O. The number of likely N-dealkylation sites (N-methyl/N-ethyl adjacent to an activating group) is 2. The highest BCUT2D eigenvalue weighted by atomic mass is 16.2. The van der Waals surface area contributed by atoms with Gasteiger partial charge in [0.1, 0.15) is 0 Å². The van der Waals surface area contributed by atoms with Gasteiger partial charge >= 0.3 is 0 Å². The summed E-state index contributed by atoms with van der Waals surface area (Å²) in [4.78, 5) is 17.1. The van der Waals surface area contributed by atoms with E-state index in [0.29, 0.717) is 6.54 Å². The van der Waals surface area contributed by atoms with Crippen LogP contribution in [0.25, 0.3) is 23.9 Å². The van der Waals surface area contributed by atoms with E-state index in [9.17, 15) is 4.79 Å². The van der Waals surface area contributed by atoms with Gasteiger partial charge in [-0.1, -0.05) is 106 Å². The van der Waals surface area contributed by atoms with E-state index in [1.54, 1.807) is 4.90 Å². The molecule has 0 aliphatic carbocycles. The lowest BCUT2D eigenvalue weighted by Gasteiger charge is -2.38. The molecule has 39 heavy (non-hydrogen) atoms. The third-order valence-electron chi connectivity index (χ3n) is 8.15. The van der Waals surface area contributed by atoms with E-state index in [1.807, 2.05) is 27.8 Å². The molecule has 3 heteroatoms. The van der Waals surface area contributed by atoms with Gasteiger partial charge in [0.25, 0.3) is 5.91 Å². The van der Waals surface area contributed by atoms with Gasteiger partial charge in [0.15, 0.2) is 0 Å². The summed E-state index contributed by atoms with van der Waals surface area (Å²) < 4.78 is 0. The van der Waals surface area contributed by atoms with Gasteiger partial charge < -0.3 is 9.80 Å². The third-order valence-corrected chi connectivity index (χ3v) is 8.15. The summed E-state index contributed by atoms with van der Waals surface area (Å²) in [7, 11) is 3.92. The molecule has 0 heterocycles. The first-order valence-electron chi connectivity index (χ1n) is 14.3. The molecule has 0 saturated heterocycles. The number of carbonyl (C=O) groups is 1. The minimum Gasteiger partial charge on any atom is -0.365 e. The molecule has 0 fully saturated rings. The number of hydrogen-bond donors (Lipinski definition) is 0. The van der Waals surface area contributed by atoms with Crippen molar-refractivity contribution in [2.45, 2.75) is 73.8 Å². The summed E-state index contributed by atoms with van der Waals surface area (Å²) in [6, 6.07) is 17.2. The fourth-order valence-electron chi connectivity index (χ4n) is 4.45. The topological polar surface area (TPSA) is 23.6 Å². The van der Waals surface area contributed by atoms with E-state index in [2.05, 4.69) is 132 Å². The van der Waals surface area contributed by atoms with Crippen molar-refractivity contribution in [2.75, 3.05) is 20.6 Å². The molecule has 210 valence electrons. The third kappa shape index (κ3) is 8.58. The Labute approximate surface area is 238 Å². The lowest BCUT2D eigenvalue weighted by Crippen LogP contribution is -2.39. The van der Waals surface area contributed by atoms with Gasteiger partial charge in [-0.15, -0.1) is 0 Å². The fourth-order valence-corrected chi connectivity index (χ4v) is 4.45. The van der Waals surface area contributed by atoms with E-state index in [4.69, 9.17) is 0 Å². The van der Waals surface area contributed by atoms with Crippen molar-refractivity contribution in [3.8, 4) is 0 Å². The average Bonchev–Trinajstić information content (AvgIpc) is 2.95. The molecule has 3 nitrogen and oxygen atoms in total. The summed E-state index contributed by atoms with van der Waals surface area (Å²) in [5.74, 6) is 0.0481. The summed E-state index contributed by atoms with van der Waals surface area (Å²) in [6.45, 7) is 17.8. The van der Waals surface area contributed by atoms with E-state index in [0.717, 1.165) is 35.2 Å². The van der Waals surface area contributed by atoms with Gasteiger partial charge in [-0.2, -0.15) is 0 Å². The van der Waals surface area contributed by atoms with Crippen LogP contribution in [-0.4, -0.2) is 41.9 Å². The normalized spacial score (nSPS) is 13.4. The second kappa shape index (κ2) is 14.2. The van der Waals surface area contributed by atoms with Gasteiger partial charge in [-0.25, -0.2) is 0 Å². The van der Waals surface area contributed by atoms with E-state index in [1.165, 1.54) is 11.1 Å². The van der Waals surface area contributed by atoms with Crippen molar-refractivity contribution < 1.29 is 4.79 Å². The standard InChI is InChI=1S/C36H50N2O/c1-11-26-35(6,7)38(10)33(28(5)34(39)37(9)14-4)32-23-21-30(22-24-32)16-15-29-17-19-31(20-18-29)25-27-36(8,12-2)13-3/h11,15-27H,12-14H2,1-10H3/b16-15+,26-11-,27-25+,33-28+. The highest BCUT2D eigenvalue weighted by Crippen LogP contribution is 2.31. The Balaban J connectivity index is 2.32. The minimum atomic E-state index is -0.248. The highest BCUT2D eigenvalue weighted by molar-refractivity contribution is 6.00. The maximum atomic E-state index is 13.2. The molecule has 0 saturated carbocycles. The molecule has 2 aromatic carbocycles. The summed E-state index contributed by atoms with van der Waals surface area (Å²) in [5.41, 5.74) is 6.25. The van der Waals surface area contributed by atoms with E-state index in [-0.39, 0.29) is 16.9 Å². The summed E-state index contributed by atoms with van der Waals surface area (Å²) in [6.07, 6.45) is 15.4. The van der Waals surface area contributed by atoms with Crippen LogP contribution in [0.2, 0.25) is 0 Å². The Bertz CT molecular complexity index is 1190. The summed E-state index contributed by atoms with van der Waals surface area (Å²) >= 11 is 0. The van der Waals surface area contributed by atoms with Crippen molar-refractivity contribution >= 4 is 29.8 Å². The Morgan fingerprint density at radius 1 is 0.769 bits per heavy atom. The first kappa shape index (κ1) is 31.9. The van der Waals surface area contributed by atoms with Crippen molar-refractivity contribution in [1.29, 1.82) is 0 Å². The van der Waals surface area contributed by atoms with Gasteiger partial charge in [-0.05, 0) is 75.1 Å². The Kier molecular flexibility index (Phi) is 11.6. The molecule has 2 rings (SSSR count). The molecule has 0 radical (unpaired) electrons. The Morgan fingerprint density at radius 3 is 1.67 bits per heavy atom. The van der Waals surface area contributed by atoms with Crippen LogP contribution in [0, 0.1) is 5.41 Å². The number of nitrogens with zero attached hydrogens (tertiary/aromatic N) is 2. The van der Waals surface area contributed by atoms with Crippen LogP contribution < -0.4 is 0 Å². The molecule has 0 aliphatic rings. The van der Waals surface area contributed by atoms with E-state index < -0.39 is 0 Å². The zero-order chi connectivity index (χ0) is 29.2. The molecule has 0 atom stereocenters. The van der Waals surface area contributed by atoms with E-state index >= 15 is 0 Å². The Hall–Kier alpha value is -3.33. The number of benzene rings is 2.